The van der Waals surface area contributed by atoms with E-state index in [-0.39, 0.29) is 6.04 Å². The van der Waals surface area contributed by atoms with Crippen LogP contribution in [0.2, 0.25) is 5.02 Å². The van der Waals surface area contributed by atoms with Crippen LogP contribution >= 0.6 is 11.6 Å². The molecule has 0 amide bonds. The summed E-state index contributed by atoms with van der Waals surface area (Å²) < 4.78 is 1.78. The zero-order chi connectivity index (χ0) is 17.2. The molecule has 0 radical (unpaired) electrons. The molecule has 6 nitrogen and oxygen atoms in total. The molecular weight excluding hydrogens is 336 g/mol. The van der Waals surface area contributed by atoms with Crippen LogP contribution < -0.4 is 0 Å². The lowest BCUT2D eigenvalue weighted by molar-refractivity contribution is 0.532. The minimum Gasteiger partial charge on any atom is -0.346 e. The van der Waals surface area contributed by atoms with Crippen LogP contribution in [0.1, 0.15) is 18.0 Å². The van der Waals surface area contributed by atoms with E-state index in [1.807, 2.05) is 42.7 Å². The molecule has 1 aromatic carbocycles. The molecule has 0 bridgehead atoms. The number of rotatable bonds is 4. The lowest BCUT2D eigenvalue weighted by Crippen LogP contribution is -2.10. The second-order valence-electron chi connectivity index (χ2n) is 5.60. The summed E-state index contributed by atoms with van der Waals surface area (Å²) in [4.78, 5) is 11.7. The molecule has 1 atom stereocenters. The Morgan fingerprint density at radius 3 is 3.04 bits per heavy atom. The Morgan fingerprint density at radius 1 is 1.28 bits per heavy atom. The van der Waals surface area contributed by atoms with Gasteiger partial charge in [0, 0.05) is 28.4 Å². The average Bonchev–Trinajstić information content (AvgIpc) is 3.28. The van der Waals surface area contributed by atoms with Crippen molar-refractivity contribution in [3.05, 3.63) is 65.8 Å². The fourth-order valence-electron chi connectivity index (χ4n) is 2.90. The van der Waals surface area contributed by atoms with Gasteiger partial charge in [-0.15, -0.1) is 0 Å². The van der Waals surface area contributed by atoms with Crippen LogP contribution in [0, 0.1) is 11.3 Å². The lowest BCUT2D eigenvalue weighted by Gasteiger charge is -2.15. The topological polar surface area (TPSA) is 83.2 Å². The molecule has 122 valence electrons. The van der Waals surface area contributed by atoms with Crippen molar-refractivity contribution in [1.82, 2.24) is 24.7 Å². The van der Waals surface area contributed by atoms with Crippen molar-refractivity contribution in [1.29, 1.82) is 5.26 Å². The van der Waals surface area contributed by atoms with Crippen LogP contribution in [0.5, 0.6) is 0 Å². The smallest absolute Gasteiger partial charge is 0.141 e. The third-order valence-corrected chi connectivity index (χ3v) is 4.30. The second kappa shape index (κ2) is 6.38. The maximum Gasteiger partial charge on any atom is 0.141 e. The highest BCUT2D eigenvalue weighted by molar-refractivity contribution is 6.30. The van der Waals surface area contributed by atoms with Crippen LogP contribution in [-0.4, -0.2) is 24.7 Å². The quantitative estimate of drug-likeness (QED) is 0.604. The molecular formula is C18H13ClN6. The van der Waals surface area contributed by atoms with Crippen molar-refractivity contribution in [3.63, 3.8) is 0 Å². The zero-order valence-corrected chi connectivity index (χ0v) is 13.9. The van der Waals surface area contributed by atoms with Crippen molar-refractivity contribution in [2.75, 3.05) is 0 Å². The van der Waals surface area contributed by atoms with E-state index in [0.717, 1.165) is 27.9 Å². The molecule has 4 rings (SSSR count). The van der Waals surface area contributed by atoms with Gasteiger partial charge >= 0.3 is 0 Å². The van der Waals surface area contributed by atoms with E-state index in [1.165, 1.54) is 6.33 Å². The van der Waals surface area contributed by atoms with Gasteiger partial charge in [-0.2, -0.15) is 10.4 Å². The highest BCUT2D eigenvalue weighted by Gasteiger charge is 2.17. The molecule has 0 saturated carbocycles. The summed E-state index contributed by atoms with van der Waals surface area (Å²) in [6.45, 7) is 0. The van der Waals surface area contributed by atoms with Gasteiger partial charge in [0.1, 0.15) is 12.0 Å². The van der Waals surface area contributed by atoms with Crippen molar-refractivity contribution >= 4 is 22.6 Å². The van der Waals surface area contributed by atoms with Crippen LogP contribution in [0.4, 0.5) is 0 Å². The van der Waals surface area contributed by atoms with E-state index in [2.05, 4.69) is 26.1 Å². The third-order valence-electron chi connectivity index (χ3n) is 4.07. The van der Waals surface area contributed by atoms with Gasteiger partial charge in [-0.3, -0.25) is 4.68 Å². The number of nitrogens with zero attached hydrogens (tertiary/aromatic N) is 5. The number of aromatic nitrogens is 5. The molecule has 0 aliphatic rings. The average molecular weight is 349 g/mol. The predicted molar refractivity (Wildman–Crippen MR) is 94.9 cm³/mol. The van der Waals surface area contributed by atoms with Crippen molar-refractivity contribution in [2.24, 2.45) is 0 Å². The Hall–Kier alpha value is -3.17. The van der Waals surface area contributed by atoms with Gasteiger partial charge in [0.25, 0.3) is 0 Å². The van der Waals surface area contributed by atoms with E-state index >= 15 is 0 Å². The number of halogens is 1. The molecule has 3 heterocycles. The van der Waals surface area contributed by atoms with E-state index in [1.54, 1.807) is 10.9 Å². The fourth-order valence-corrected chi connectivity index (χ4v) is 3.10. The molecule has 0 saturated heterocycles. The number of H-pyrrole nitrogens is 1. The Balaban J connectivity index is 1.76. The first-order valence-corrected chi connectivity index (χ1v) is 8.09. The molecule has 0 aliphatic heterocycles. The Kier molecular flexibility index (Phi) is 3.92. The summed E-state index contributed by atoms with van der Waals surface area (Å²) >= 11 is 6.10. The summed E-state index contributed by atoms with van der Waals surface area (Å²) in [7, 11) is 0. The van der Waals surface area contributed by atoms with Crippen molar-refractivity contribution in [3.8, 4) is 17.3 Å². The van der Waals surface area contributed by atoms with Crippen LogP contribution in [0.25, 0.3) is 22.3 Å². The van der Waals surface area contributed by atoms with Gasteiger partial charge in [0.15, 0.2) is 0 Å². The van der Waals surface area contributed by atoms with Crippen molar-refractivity contribution < 1.29 is 0 Å². The maximum atomic E-state index is 9.22. The number of nitriles is 1. The molecule has 1 unspecified atom stereocenters. The van der Waals surface area contributed by atoms with Crippen LogP contribution in [0.3, 0.4) is 0 Å². The number of benzene rings is 1. The molecule has 1 N–H and O–H groups in total. The van der Waals surface area contributed by atoms with Crippen LogP contribution in [-0.2, 0) is 0 Å². The summed E-state index contributed by atoms with van der Waals surface area (Å²) in [6.07, 6.45) is 7.30. The zero-order valence-electron chi connectivity index (χ0n) is 13.1. The van der Waals surface area contributed by atoms with E-state index in [9.17, 15) is 5.26 Å². The molecule has 0 aliphatic carbocycles. The Labute approximate surface area is 148 Å². The Bertz CT molecular complexity index is 1070. The first-order chi connectivity index (χ1) is 12.3. The summed E-state index contributed by atoms with van der Waals surface area (Å²) in [5.74, 6) is 0. The predicted octanol–water partition coefficient (Wildman–Crippen LogP) is 3.98. The monoisotopic (exact) mass is 348 g/mol. The van der Waals surface area contributed by atoms with Gasteiger partial charge in [-0.1, -0.05) is 23.7 Å². The largest absolute Gasteiger partial charge is 0.346 e. The molecule has 7 heteroatoms. The SMILES string of the molecule is N#CCC(c1cccc(Cl)c1)n1cc(-c2ncnc3[nH]ccc23)cn1. The standard InChI is InChI=1S/C18H13ClN6/c19-14-3-1-2-12(8-14)16(4-6-20)25-10-13(9-24-25)17-15-5-7-21-18(15)23-11-22-17/h1-3,5,7-11,16H,4H2,(H,21,22,23). The van der Waals surface area contributed by atoms with Gasteiger partial charge in [-0.05, 0) is 23.8 Å². The maximum absolute atomic E-state index is 9.22. The van der Waals surface area contributed by atoms with Gasteiger partial charge in [0.05, 0.1) is 30.4 Å². The Morgan fingerprint density at radius 2 is 2.20 bits per heavy atom. The fraction of sp³-hybridized carbons (Fsp3) is 0.111. The highest BCUT2D eigenvalue weighted by Crippen LogP contribution is 2.28. The number of aromatic amines is 1. The number of nitrogens with one attached hydrogen (secondary N) is 1. The van der Waals surface area contributed by atoms with E-state index in [4.69, 9.17) is 11.6 Å². The summed E-state index contributed by atoms with van der Waals surface area (Å²) in [5, 5.41) is 15.2. The normalized spacial score (nSPS) is 12.2. The minimum absolute atomic E-state index is 0.207. The molecule has 3 aromatic heterocycles. The van der Waals surface area contributed by atoms with Crippen molar-refractivity contribution in [2.45, 2.75) is 12.5 Å². The first-order valence-electron chi connectivity index (χ1n) is 7.71. The summed E-state index contributed by atoms with van der Waals surface area (Å²) in [6, 6.07) is 11.5. The summed E-state index contributed by atoms with van der Waals surface area (Å²) in [5.41, 5.74) is 3.40. The first kappa shape index (κ1) is 15.4. The minimum atomic E-state index is -0.207. The van der Waals surface area contributed by atoms with E-state index in [0.29, 0.717) is 11.4 Å². The third kappa shape index (κ3) is 2.86. The lowest BCUT2D eigenvalue weighted by atomic mass is 10.0. The van der Waals surface area contributed by atoms with Crippen LogP contribution in [0.15, 0.2) is 55.2 Å². The van der Waals surface area contributed by atoms with E-state index < -0.39 is 0 Å². The molecule has 0 spiro atoms. The molecule has 25 heavy (non-hydrogen) atoms. The molecule has 0 fully saturated rings. The number of hydrogen-bond acceptors (Lipinski definition) is 4. The van der Waals surface area contributed by atoms with Gasteiger partial charge in [0.2, 0.25) is 0 Å². The molecule has 4 aromatic rings. The number of hydrogen-bond donors (Lipinski definition) is 1. The highest BCUT2D eigenvalue weighted by atomic mass is 35.5. The second-order valence-corrected chi connectivity index (χ2v) is 6.04. The van der Waals surface area contributed by atoms with Gasteiger partial charge < -0.3 is 4.98 Å². The number of fused-ring (bicyclic) bond motifs is 1. The van der Waals surface area contributed by atoms with Gasteiger partial charge in [-0.25, -0.2) is 9.97 Å².